The third-order valence-corrected chi connectivity index (χ3v) is 5.74. The first-order chi connectivity index (χ1) is 11.9. The monoisotopic (exact) mass is 400 g/mol. The van der Waals surface area contributed by atoms with E-state index in [2.05, 4.69) is 10.1 Å². The number of carbonyl (C=O) groups excluding carboxylic acids is 2. The zero-order valence-electron chi connectivity index (χ0n) is 15.5. The van der Waals surface area contributed by atoms with Crippen molar-refractivity contribution in [2.24, 2.45) is 11.7 Å². The summed E-state index contributed by atoms with van der Waals surface area (Å²) in [7, 11) is 1.40. The molecule has 0 spiro atoms. The summed E-state index contributed by atoms with van der Waals surface area (Å²) in [5.74, 6) is 1.20. The molecule has 1 aliphatic carbocycles. The van der Waals surface area contributed by atoms with Crippen LogP contribution in [0.15, 0.2) is 24.3 Å². The predicted molar refractivity (Wildman–Crippen MR) is 110 cm³/mol. The van der Waals surface area contributed by atoms with Crippen LogP contribution in [-0.2, 0) is 20.1 Å². The number of nitrogens with two attached hydrogens (primary N) is 1. The van der Waals surface area contributed by atoms with Crippen molar-refractivity contribution in [1.29, 1.82) is 0 Å². The molecule has 0 bridgehead atoms. The van der Waals surface area contributed by atoms with Gasteiger partial charge in [0.1, 0.15) is 0 Å². The summed E-state index contributed by atoms with van der Waals surface area (Å²) in [6.07, 6.45) is 4.30. The second-order valence-electron chi connectivity index (χ2n) is 6.87. The molecule has 2 rings (SSSR count). The topological polar surface area (TPSA) is 81.4 Å². The van der Waals surface area contributed by atoms with E-state index < -0.39 is 5.54 Å². The van der Waals surface area contributed by atoms with Crippen molar-refractivity contribution in [3.05, 3.63) is 29.8 Å². The normalized spacial score (nSPS) is 22.2. The number of ether oxygens (including phenoxy) is 1. The van der Waals surface area contributed by atoms with Gasteiger partial charge in [0.2, 0.25) is 5.91 Å². The fourth-order valence-corrected chi connectivity index (χ4v) is 4.08. The van der Waals surface area contributed by atoms with Crippen LogP contribution in [-0.4, -0.2) is 30.3 Å². The highest BCUT2D eigenvalue weighted by molar-refractivity contribution is 7.98. The SMILES string of the molecule is COC(=O)CCSCc1cccc(NC(=O)C2CCCCC2(C)N)c1.Cl. The number of anilines is 1. The molecule has 0 radical (unpaired) electrons. The van der Waals surface area contributed by atoms with Gasteiger partial charge in [0.25, 0.3) is 0 Å². The molecule has 0 heterocycles. The minimum absolute atomic E-state index is 0. The highest BCUT2D eigenvalue weighted by Crippen LogP contribution is 2.32. The summed E-state index contributed by atoms with van der Waals surface area (Å²) >= 11 is 1.67. The Labute approximate surface area is 166 Å². The number of hydrogen-bond donors (Lipinski definition) is 2. The Bertz CT molecular complexity index is 610. The van der Waals surface area contributed by atoms with Gasteiger partial charge in [-0.25, -0.2) is 0 Å². The molecule has 3 N–H and O–H groups in total. The molecule has 1 aliphatic rings. The van der Waals surface area contributed by atoms with E-state index in [0.717, 1.165) is 48.4 Å². The maximum absolute atomic E-state index is 12.6. The Hall–Kier alpha value is -1.24. The highest BCUT2D eigenvalue weighted by atomic mass is 35.5. The lowest BCUT2D eigenvalue weighted by molar-refractivity contribution is -0.140. The van der Waals surface area contributed by atoms with Crippen molar-refractivity contribution in [3.8, 4) is 0 Å². The minimum atomic E-state index is -0.427. The first kappa shape index (κ1) is 22.8. The van der Waals surface area contributed by atoms with Crippen LogP contribution in [0.25, 0.3) is 0 Å². The van der Waals surface area contributed by atoms with Crippen LogP contribution in [0.4, 0.5) is 5.69 Å². The van der Waals surface area contributed by atoms with Crippen LogP contribution in [0.5, 0.6) is 0 Å². The number of nitrogens with one attached hydrogen (secondary N) is 1. The number of carbonyl (C=O) groups is 2. The molecule has 7 heteroatoms. The van der Waals surface area contributed by atoms with Crippen molar-refractivity contribution < 1.29 is 14.3 Å². The number of esters is 1. The van der Waals surface area contributed by atoms with E-state index in [9.17, 15) is 9.59 Å². The maximum Gasteiger partial charge on any atom is 0.306 e. The van der Waals surface area contributed by atoms with Crippen LogP contribution in [0, 0.1) is 5.92 Å². The Morgan fingerprint density at radius 3 is 2.85 bits per heavy atom. The molecule has 1 saturated carbocycles. The number of amides is 1. The molecule has 26 heavy (non-hydrogen) atoms. The van der Waals surface area contributed by atoms with E-state index in [1.54, 1.807) is 11.8 Å². The van der Waals surface area contributed by atoms with Crippen LogP contribution in [0.2, 0.25) is 0 Å². The van der Waals surface area contributed by atoms with E-state index in [1.165, 1.54) is 7.11 Å². The second-order valence-corrected chi connectivity index (χ2v) is 7.98. The van der Waals surface area contributed by atoms with Gasteiger partial charge in [-0.15, -0.1) is 12.4 Å². The lowest BCUT2D eigenvalue weighted by atomic mass is 9.74. The third kappa shape index (κ3) is 6.82. The van der Waals surface area contributed by atoms with Gasteiger partial charge in [-0.05, 0) is 37.5 Å². The van der Waals surface area contributed by atoms with E-state index in [4.69, 9.17) is 5.73 Å². The number of rotatable bonds is 7. The van der Waals surface area contributed by atoms with E-state index in [1.807, 2.05) is 31.2 Å². The standard InChI is InChI=1S/C19H28N2O3S.ClH/c1-19(20)10-4-3-8-16(19)18(23)21-15-7-5-6-14(12-15)13-25-11-9-17(22)24-2;/h5-7,12,16H,3-4,8-11,13,20H2,1-2H3,(H,21,23);1H. The summed E-state index contributed by atoms with van der Waals surface area (Å²) in [5.41, 5.74) is 7.82. The van der Waals surface area contributed by atoms with Gasteiger partial charge in [-0.2, -0.15) is 11.8 Å². The average Bonchev–Trinajstić information content (AvgIpc) is 2.58. The minimum Gasteiger partial charge on any atom is -0.469 e. The van der Waals surface area contributed by atoms with Crippen LogP contribution < -0.4 is 11.1 Å². The van der Waals surface area contributed by atoms with Crippen molar-refractivity contribution >= 4 is 41.7 Å². The summed E-state index contributed by atoms with van der Waals surface area (Å²) in [6, 6.07) is 7.85. The van der Waals surface area contributed by atoms with Gasteiger partial charge in [-0.3, -0.25) is 9.59 Å². The van der Waals surface area contributed by atoms with Crippen molar-refractivity contribution in [2.75, 3.05) is 18.2 Å². The Balaban J connectivity index is 0.00000338. The summed E-state index contributed by atoms with van der Waals surface area (Å²) in [5, 5.41) is 3.02. The van der Waals surface area contributed by atoms with E-state index in [-0.39, 0.29) is 30.2 Å². The summed E-state index contributed by atoms with van der Waals surface area (Å²) < 4.78 is 4.63. The lowest BCUT2D eigenvalue weighted by Crippen LogP contribution is -2.51. The van der Waals surface area contributed by atoms with E-state index >= 15 is 0 Å². The third-order valence-electron chi connectivity index (χ3n) is 4.71. The molecule has 5 nitrogen and oxygen atoms in total. The number of thioether (sulfide) groups is 1. The molecule has 1 fully saturated rings. The van der Waals surface area contributed by atoms with Gasteiger partial charge in [0.15, 0.2) is 0 Å². The summed E-state index contributed by atoms with van der Waals surface area (Å²) in [6.45, 7) is 1.98. The number of benzene rings is 1. The Morgan fingerprint density at radius 2 is 2.15 bits per heavy atom. The zero-order chi connectivity index (χ0) is 18.3. The predicted octanol–water partition coefficient (Wildman–Crippen LogP) is 3.75. The fraction of sp³-hybridized carbons (Fsp3) is 0.579. The van der Waals surface area contributed by atoms with Crippen molar-refractivity contribution in [3.63, 3.8) is 0 Å². The molecule has 146 valence electrons. The molecule has 0 aromatic heterocycles. The Kier molecular flexibility index (Phi) is 9.47. The van der Waals surface area contributed by atoms with Crippen LogP contribution >= 0.6 is 24.2 Å². The molecule has 2 unspecified atom stereocenters. The zero-order valence-corrected chi connectivity index (χ0v) is 17.1. The van der Waals surface area contributed by atoms with Crippen molar-refractivity contribution in [2.45, 2.75) is 50.3 Å². The van der Waals surface area contributed by atoms with Gasteiger partial charge < -0.3 is 15.8 Å². The van der Waals surface area contributed by atoms with Crippen LogP contribution in [0.1, 0.15) is 44.6 Å². The molecule has 0 aliphatic heterocycles. The molecular weight excluding hydrogens is 372 g/mol. The van der Waals surface area contributed by atoms with Gasteiger partial charge in [0, 0.05) is 22.7 Å². The number of methoxy groups -OCH3 is 1. The second kappa shape index (κ2) is 10.8. The van der Waals surface area contributed by atoms with Crippen LogP contribution in [0.3, 0.4) is 0 Å². The Morgan fingerprint density at radius 1 is 1.38 bits per heavy atom. The maximum atomic E-state index is 12.6. The van der Waals surface area contributed by atoms with E-state index in [0.29, 0.717) is 6.42 Å². The quantitative estimate of drug-likeness (QED) is 0.538. The summed E-state index contributed by atoms with van der Waals surface area (Å²) in [4.78, 5) is 23.7. The van der Waals surface area contributed by atoms with Gasteiger partial charge in [0.05, 0.1) is 19.4 Å². The molecule has 2 atom stereocenters. The molecule has 0 saturated heterocycles. The first-order valence-electron chi connectivity index (χ1n) is 8.75. The molecule has 1 amide bonds. The molecule has 1 aromatic carbocycles. The number of halogens is 1. The van der Waals surface area contributed by atoms with Gasteiger partial charge in [-0.1, -0.05) is 25.0 Å². The number of hydrogen-bond acceptors (Lipinski definition) is 5. The largest absolute Gasteiger partial charge is 0.469 e. The van der Waals surface area contributed by atoms with Gasteiger partial charge >= 0.3 is 5.97 Å². The molecular formula is C19H29ClN2O3S. The lowest BCUT2D eigenvalue weighted by Gasteiger charge is -2.37. The van der Waals surface area contributed by atoms with Crippen molar-refractivity contribution in [1.82, 2.24) is 0 Å². The highest BCUT2D eigenvalue weighted by Gasteiger charge is 2.37. The molecule has 1 aromatic rings. The average molecular weight is 401 g/mol. The first-order valence-corrected chi connectivity index (χ1v) is 9.91. The fourth-order valence-electron chi connectivity index (χ4n) is 3.20. The smallest absolute Gasteiger partial charge is 0.306 e.